The fourth-order valence-electron chi connectivity index (χ4n) is 1.99. The summed E-state index contributed by atoms with van der Waals surface area (Å²) in [5.74, 6) is 1.35. The van der Waals surface area contributed by atoms with Crippen molar-refractivity contribution in [3.05, 3.63) is 35.7 Å². The van der Waals surface area contributed by atoms with Crippen molar-refractivity contribution in [1.29, 1.82) is 0 Å². The quantitative estimate of drug-likeness (QED) is 0.874. The third kappa shape index (κ3) is 3.28. The van der Waals surface area contributed by atoms with Crippen molar-refractivity contribution >= 4 is 5.91 Å². The van der Waals surface area contributed by atoms with Gasteiger partial charge in [-0.05, 0) is 31.9 Å². The highest BCUT2D eigenvalue weighted by Crippen LogP contribution is 2.39. The first-order valence-corrected chi connectivity index (χ1v) is 7.04. The van der Waals surface area contributed by atoms with E-state index in [0.717, 1.165) is 18.4 Å². The van der Waals surface area contributed by atoms with E-state index in [1.165, 1.54) is 0 Å². The number of rotatable bonds is 5. The molecular formula is C15H17N3O3. The molecule has 110 valence electrons. The van der Waals surface area contributed by atoms with E-state index in [9.17, 15) is 9.90 Å². The molecule has 0 bridgehead atoms. The van der Waals surface area contributed by atoms with Crippen LogP contribution in [-0.4, -0.2) is 33.8 Å². The minimum Gasteiger partial charge on any atom is -0.392 e. The molecule has 1 aromatic carbocycles. The summed E-state index contributed by atoms with van der Waals surface area (Å²) in [5.41, 5.74) is 1.25. The second-order valence-corrected chi connectivity index (χ2v) is 5.37. The number of carbonyl (C=O) groups is 1. The first-order valence-electron chi connectivity index (χ1n) is 7.04. The van der Waals surface area contributed by atoms with Crippen LogP contribution >= 0.6 is 0 Å². The third-order valence-electron chi connectivity index (χ3n) is 3.31. The van der Waals surface area contributed by atoms with E-state index < -0.39 is 6.10 Å². The van der Waals surface area contributed by atoms with Crippen molar-refractivity contribution in [3.8, 4) is 11.4 Å². The lowest BCUT2D eigenvalue weighted by Gasteiger charge is -2.07. The number of hydrogen-bond acceptors (Lipinski definition) is 5. The van der Waals surface area contributed by atoms with E-state index in [1.54, 1.807) is 25.1 Å². The van der Waals surface area contributed by atoms with E-state index >= 15 is 0 Å². The topological polar surface area (TPSA) is 88.2 Å². The van der Waals surface area contributed by atoms with Crippen molar-refractivity contribution in [2.45, 2.75) is 31.8 Å². The number of hydrogen-bond donors (Lipinski definition) is 2. The molecule has 1 amide bonds. The molecule has 6 heteroatoms. The van der Waals surface area contributed by atoms with Gasteiger partial charge in [-0.25, -0.2) is 0 Å². The van der Waals surface area contributed by atoms with Crippen LogP contribution in [-0.2, 0) is 0 Å². The summed E-state index contributed by atoms with van der Waals surface area (Å²) in [6.07, 6.45) is 1.63. The van der Waals surface area contributed by atoms with Gasteiger partial charge in [-0.15, -0.1) is 0 Å². The highest BCUT2D eigenvalue weighted by atomic mass is 16.5. The second-order valence-electron chi connectivity index (χ2n) is 5.37. The molecule has 1 aliphatic rings. The maximum absolute atomic E-state index is 12.0. The van der Waals surface area contributed by atoms with Crippen LogP contribution in [0, 0.1) is 0 Å². The number of nitrogens with zero attached hydrogens (tertiary/aromatic N) is 2. The van der Waals surface area contributed by atoms with Gasteiger partial charge in [0.05, 0.1) is 6.10 Å². The van der Waals surface area contributed by atoms with E-state index in [0.29, 0.717) is 23.2 Å². The van der Waals surface area contributed by atoms with Gasteiger partial charge in [-0.3, -0.25) is 4.79 Å². The molecule has 3 rings (SSSR count). The minimum atomic E-state index is -0.574. The van der Waals surface area contributed by atoms with Crippen molar-refractivity contribution in [3.63, 3.8) is 0 Å². The average Bonchev–Trinajstić information content (AvgIpc) is 3.22. The Morgan fingerprint density at radius 3 is 3.05 bits per heavy atom. The Morgan fingerprint density at radius 2 is 2.33 bits per heavy atom. The highest BCUT2D eigenvalue weighted by Gasteiger charge is 2.29. The van der Waals surface area contributed by atoms with Gasteiger partial charge in [0.15, 0.2) is 0 Å². The second kappa shape index (κ2) is 5.65. The maximum atomic E-state index is 12.0. The monoisotopic (exact) mass is 287 g/mol. The molecule has 1 aromatic heterocycles. The third-order valence-corrected chi connectivity index (χ3v) is 3.31. The van der Waals surface area contributed by atoms with Crippen LogP contribution in [0.1, 0.15) is 41.9 Å². The molecule has 0 saturated heterocycles. The van der Waals surface area contributed by atoms with Crippen molar-refractivity contribution in [2.24, 2.45) is 0 Å². The fourth-order valence-corrected chi connectivity index (χ4v) is 1.99. The number of aromatic nitrogens is 2. The van der Waals surface area contributed by atoms with Crippen LogP contribution in [0.2, 0.25) is 0 Å². The first-order chi connectivity index (χ1) is 10.1. The Labute approximate surface area is 122 Å². The molecule has 1 fully saturated rings. The standard InChI is InChI=1S/C15H17N3O3/c1-9(19)8-16-14(20)12-4-2-3-11(7-12)13-17-15(21-18-13)10-5-6-10/h2-4,7,9-10,19H,5-6,8H2,1H3,(H,16,20). The summed E-state index contributed by atoms with van der Waals surface area (Å²) in [7, 11) is 0. The SMILES string of the molecule is CC(O)CNC(=O)c1cccc(-c2noc(C3CC3)n2)c1. The van der Waals surface area contributed by atoms with Gasteiger partial charge >= 0.3 is 0 Å². The van der Waals surface area contributed by atoms with Gasteiger partial charge in [-0.1, -0.05) is 17.3 Å². The largest absolute Gasteiger partial charge is 0.392 e. The number of amides is 1. The number of aliphatic hydroxyl groups excluding tert-OH is 1. The number of benzene rings is 1. The summed E-state index contributed by atoms with van der Waals surface area (Å²) in [4.78, 5) is 16.3. The highest BCUT2D eigenvalue weighted by molar-refractivity contribution is 5.95. The summed E-state index contributed by atoms with van der Waals surface area (Å²) < 4.78 is 5.23. The van der Waals surface area contributed by atoms with Crippen molar-refractivity contribution in [2.75, 3.05) is 6.54 Å². The molecule has 1 unspecified atom stereocenters. The van der Waals surface area contributed by atoms with Crippen LogP contribution in [0.3, 0.4) is 0 Å². The summed E-state index contributed by atoms with van der Waals surface area (Å²) in [6, 6.07) is 7.05. The van der Waals surface area contributed by atoms with Gasteiger partial charge in [0.2, 0.25) is 11.7 Å². The Balaban J connectivity index is 1.76. The normalized spacial score (nSPS) is 15.7. The van der Waals surface area contributed by atoms with Crippen LogP contribution in [0.25, 0.3) is 11.4 Å². The van der Waals surface area contributed by atoms with Crippen LogP contribution in [0.4, 0.5) is 0 Å². The van der Waals surface area contributed by atoms with Gasteiger partial charge in [0.1, 0.15) is 0 Å². The minimum absolute atomic E-state index is 0.219. The predicted molar refractivity (Wildman–Crippen MR) is 75.7 cm³/mol. The lowest BCUT2D eigenvalue weighted by molar-refractivity contribution is 0.0924. The van der Waals surface area contributed by atoms with E-state index in [4.69, 9.17) is 4.52 Å². The molecule has 2 aromatic rings. The zero-order valence-electron chi connectivity index (χ0n) is 11.7. The lowest BCUT2D eigenvalue weighted by Crippen LogP contribution is -2.30. The Morgan fingerprint density at radius 1 is 1.52 bits per heavy atom. The molecule has 6 nitrogen and oxygen atoms in total. The van der Waals surface area contributed by atoms with E-state index in [2.05, 4.69) is 15.5 Å². The lowest BCUT2D eigenvalue weighted by atomic mass is 10.1. The molecular weight excluding hydrogens is 270 g/mol. The zero-order chi connectivity index (χ0) is 14.8. The Hall–Kier alpha value is -2.21. The van der Waals surface area contributed by atoms with Gasteiger partial charge in [0.25, 0.3) is 5.91 Å². The van der Waals surface area contributed by atoms with Gasteiger partial charge in [-0.2, -0.15) is 4.98 Å². The summed E-state index contributed by atoms with van der Waals surface area (Å²) >= 11 is 0. The molecule has 0 spiro atoms. The van der Waals surface area contributed by atoms with Gasteiger partial charge < -0.3 is 14.9 Å². The Bertz CT molecular complexity index is 647. The predicted octanol–water partition coefficient (Wildman–Crippen LogP) is 1.72. The van der Waals surface area contributed by atoms with Crippen LogP contribution in [0.5, 0.6) is 0 Å². The molecule has 0 aliphatic heterocycles. The molecule has 1 saturated carbocycles. The van der Waals surface area contributed by atoms with Gasteiger partial charge in [0, 0.05) is 23.6 Å². The molecule has 1 heterocycles. The molecule has 0 radical (unpaired) electrons. The van der Waals surface area contributed by atoms with Crippen LogP contribution < -0.4 is 5.32 Å². The fraction of sp³-hybridized carbons (Fsp3) is 0.400. The Kier molecular flexibility index (Phi) is 3.70. The number of nitrogens with one attached hydrogen (secondary N) is 1. The number of aliphatic hydroxyl groups is 1. The maximum Gasteiger partial charge on any atom is 0.251 e. The number of carbonyl (C=O) groups excluding carboxylic acids is 1. The summed E-state index contributed by atoms with van der Waals surface area (Å²) in [5, 5.41) is 15.8. The summed E-state index contributed by atoms with van der Waals surface area (Å²) in [6.45, 7) is 1.84. The van der Waals surface area contributed by atoms with Crippen molar-refractivity contribution in [1.82, 2.24) is 15.5 Å². The average molecular weight is 287 g/mol. The molecule has 1 aliphatic carbocycles. The molecule has 2 N–H and O–H groups in total. The molecule has 21 heavy (non-hydrogen) atoms. The smallest absolute Gasteiger partial charge is 0.251 e. The first kappa shape index (κ1) is 13.8. The van der Waals surface area contributed by atoms with E-state index in [-0.39, 0.29) is 12.5 Å². The molecule has 1 atom stereocenters. The van der Waals surface area contributed by atoms with E-state index in [1.807, 2.05) is 6.07 Å². The zero-order valence-corrected chi connectivity index (χ0v) is 11.7. The van der Waals surface area contributed by atoms with Crippen molar-refractivity contribution < 1.29 is 14.4 Å². The van der Waals surface area contributed by atoms with Crippen LogP contribution in [0.15, 0.2) is 28.8 Å².